The molecule has 4 nitrogen and oxygen atoms in total. The van der Waals surface area contributed by atoms with Crippen LogP contribution in [-0.2, 0) is 33.9 Å². The Labute approximate surface area is 102 Å². The van der Waals surface area contributed by atoms with Gasteiger partial charge in [0.15, 0.2) is 5.43 Å². The van der Waals surface area contributed by atoms with Gasteiger partial charge in [0, 0.05) is 17.5 Å². The van der Waals surface area contributed by atoms with Gasteiger partial charge in [-0.15, -0.1) is 0 Å². The van der Waals surface area contributed by atoms with E-state index in [1.165, 1.54) is 6.20 Å². The number of hydrogen-bond acceptors (Lipinski definition) is 2. The summed E-state index contributed by atoms with van der Waals surface area (Å²) in [5.41, 5.74) is 8.27. The second-order valence-electron chi connectivity index (χ2n) is 3.52. The maximum absolute atomic E-state index is 11.7. The Kier molecular flexibility index (Phi) is 3.86. The smallest absolute Gasteiger partial charge is 0.663 e. The topological polar surface area (TPSA) is 73.7 Å². The minimum Gasteiger partial charge on any atom is -0.663 e. The standard InChI is InChI=1S/C10H12N2O2.W/c11-10(14)7-5-12-8-4-2-1-3-6(8)9(7)13;/h5H,1-4H2,(H3,11,12,13,14);/q;+2/p-1. The molecule has 0 radical (unpaired) electrons. The van der Waals surface area contributed by atoms with E-state index in [1.54, 1.807) is 0 Å². The van der Waals surface area contributed by atoms with Gasteiger partial charge in [-0.25, -0.2) is 0 Å². The molecule has 0 spiro atoms. The maximum Gasteiger partial charge on any atom is 2.00 e. The summed E-state index contributed by atoms with van der Waals surface area (Å²) in [6.45, 7) is 0. The predicted octanol–water partition coefficient (Wildman–Crippen LogP) is 1.44. The van der Waals surface area contributed by atoms with Gasteiger partial charge >= 0.3 is 21.1 Å². The number of hydrogen-bond donors (Lipinski definition) is 1. The summed E-state index contributed by atoms with van der Waals surface area (Å²) >= 11 is 0. The van der Waals surface area contributed by atoms with Crippen LogP contribution < -0.4 is 5.43 Å². The number of carbonyl (C=O) groups is 1. The molecule has 0 saturated carbocycles. The van der Waals surface area contributed by atoms with E-state index in [4.69, 9.17) is 5.73 Å². The molecule has 15 heavy (non-hydrogen) atoms. The molecule has 0 atom stereocenters. The third kappa shape index (κ3) is 2.20. The Morgan fingerprint density at radius 1 is 1.33 bits per heavy atom. The van der Waals surface area contributed by atoms with Crippen molar-refractivity contribution in [2.24, 2.45) is 0 Å². The molecule has 1 aliphatic rings. The van der Waals surface area contributed by atoms with Crippen LogP contribution in [-0.4, -0.2) is 10.9 Å². The minimum absolute atomic E-state index is 0. The first-order chi connectivity index (χ1) is 6.70. The fourth-order valence-electron chi connectivity index (χ4n) is 1.87. The molecule has 0 aromatic carbocycles. The van der Waals surface area contributed by atoms with Crippen molar-refractivity contribution in [3.05, 3.63) is 39.0 Å². The Morgan fingerprint density at radius 3 is 2.67 bits per heavy atom. The van der Waals surface area contributed by atoms with E-state index in [-0.39, 0.29) is 32.1 Å². The molecule has 0 bridgehead atoms. The molecule has 1 amide bonds. The van der Waals surface area contributed by atoms with Crippen LogP contribution >= 0.6 is 0 Å². The SMILES string of the molecule is [NH-]C(=O)c1c[nH]c2c(c1=O)CCCC2.[W+2]. The van der Waals surface area contributed by atoms with E-state index >= 15 is 0 Å². The van der Waals surface area contributed by atoms with Gasteiger partial charge in [0.2, 0.25) is 0 Å². The fraction of sp³-hybridized carbons (Fsp3) is 0.400. The molecule has 0 aliphatic heterocycles. The molecule has 1 heterocycles. The van der Waals surface area contributed by atoms with Crippen molar-refractivity contribution in [1.29, 1.82) is 0 Å². The van der Waals surface area contributed by atoms with Crippen molar-refractivity contribution in [1.82, 2.24) is 4.98 Å². The second kappa shape index (κ2) is 4.75. The summed E-state index contributed by atoms with van der Waals surface area (Å²) in [4.78, 5) is 25.4. The average molecular weight is 375 g/mol. The minimum atomic E-state index is -0.903. The monoisotopic (exact) mass is 375 g/mol. The number of nitrogens with one attached hydrogen (secondary N) is 2. The number of amides is 1. The zero-order valence-electron chi connectivity index (χ0n) is 8.13. The zero-order valence-corrected chi connectivity index (χ0v) is 11.1. The Hall–Kier alpha value is -0.892. The number of aromatic nitrogens is 1. The van der Waals surface area contributed by atoms with Crippen molar-refractivity contribution in [3.8, 4) is 0 Å². The van der Waals surface area contributed by atoms with Gasteiger partial charge in [-0.3, -0.25) is 4.79 Å². The number of carbonyl (C=O) groups excluding carboxylic acids is 1. The number of rotatable bonds is 1. The van der Waals surface area contributed by atoms with Gasteiger partial charge in [0.1, 0.15) is 0 Å². The quantitative estimate of drug-likeness (QED) is 0.807. The zero-order chi connectivity index (χ0) is 10.1. The molecule has 1 aromatic heterocycles. The molecular formula is C10H11N2O2W+. The number of aryl methyl sites for hydroxylation is 1. The number of H-pyrrole nitrogens is 1. The number of fused-ring (bicyclic) bond motifs is 1. The fourth-order valence-corrected chi connectivity index (χ4v) is 1.87. The first-order valence-corrected chi connectivity index (χ1v) is 4.69. The summed E-state index contributed by atoms with van der Waals surface area (Å²) in [6, 6.07) is 0. The molecule has 78 valence electrons. The molecule has 5 heteroatoms. The summed E-state index contributed by atoms with van der Waals surface area (Å²) in [7, 11) is 0. The van der Waals surface area contributed by atoms with Gasteiger partial charge in [-0.1, -0.05) is 0 Å². The molecule has 1 aliphatic carbocycles. The third-order valence-electron chi connectivity index (χ3n) is 2.62. The normalized spacial score (nSPS) is 13.9. The Morgan fingerprint density at radius 2 is 2.00 bits per heavy atom. The van der Waals surface area contributed by atoms with E-state index in [1.807, 2.05) is 0 Å². The average Bonchev–Trinajstić information content (AvgIpc) is 2.18. The summed E-state index contributed by atoms with van der Waals surface area (Å²) in [5.74, 6) is -0.903. The van der Waals surface area contributed by atoms with Crippen molar-refractivity contribution in [3.63, 3.8) is 0 Å². The van der Waals surface area contributed by atoms with Crippen LogP contribution in [0.1, 0.15) is 34.5 Å². The molecule has 0 unspecified atom stereocenters. The van der Waals surface area contributed by atoms with Crippen LogP contribution in [0.2, 0.25) is 0 Å². The Bertz CT molecular complexity index is 440. The summed E-state index contributed by atoms with van der Waals surface area (Å²) in [6.07, 6.45) is 5.04. The largest absolute Gasteiger partial charge is 2.00 e. The molecule has 1 aromatic rings. The van der Waals surface area contributed by atoms with E-state index in [2.05, 4.69) is 4.98 Å². The van der Waals surface area contributed by atoms with E-state index in [0.29, 0.717) is 5.56 Å². The third-order valence-corrected chi connectivity index (χ3v) is 2.62. The van der Waals surface area contributed by atoms with Gasteiger partial charge in [-0.05, 0) is 25.7 Å². The van der Waals surface area contributed by atoms with Gasteiger partial charge in [-0.2, -0.15) is 0 Å². The van der Waals surface area contributed by atoms with Crippen molar-refractivity contribution >= 4 is 5.91 Å². The van der Waals surface area contributed by atoms with Crippen LogP contribution in [0, 0.1) is 0 Å². The van der Waals surface area contributed by atoms with Crippen molar-refractivity contribution < 1.29 is 25.9 Å². The molecule has 0 fully saturated rings. The van der Waals surface area contributed by atoms with Crippen molar-refractivity contribution in [2.45, 2.75) is 25.7 Å². The molecule has 0 saturated heterocycles. The van der Waals surface area contributed by atoms with E-state index in [0.717, 1.165) is 31.4 Å². The van der Waals surface area contributed by atoms with Crippen LogP contribution in [0.5, 0.6) is 0 Å². The Balaban J connectivity index is 0.00000112. The summed E-state index contributed by atoms with van der Waals surface area (Å²) in [5, 5.41) is 0. The molecule has 2 N–H and O–H groups in total. The van der Waals surface area contributed by atoms with Crippen LogP contribution in [0.25, 0.3) is 5.73 Å². The van der Waals surface area contributed by atoms with Crippen LogP contribution in [0.3, 0.4) is 0 Å². The van der Waals surface area contributed by atoms with Crippen molar-refractivity contribution in [2.75, 3.05) is 0 Å². The van der Waals surface area contributed by atoms with E-state index in [9.17, 15) is 9.59 Å². The molecular weight excluding hydrogens is 364 g/mol. The van der Waals surface area contributed by atoms with Gasteiger partial charge in [0.05, 0.1) is 11.5 Å². The predicted molar refractivity (Wildman–Crippen MR) is 52.4 cm³/mol. The number of aromatic amines is 1. The second-order valence-corrected chi connectivity index (χ2v) is 3.52. The first kappa shape index (κ1) is 12.2. The van der Waals surface area contributed by atoms with Gasteiger partial charge in [0.25, 0.3) is 0 Å². The van der Waals surface area contributed by atoms with E-state index < -0.39 is 5.91 Å². The maximum atomic E-state index is 11.7. The van der Waals surface area contributed by atoms with Crippen LogP contribution in [0.4, 0.5) is 0 Å². The summed E-state index contributed by atoms with van der Waals surface area (Å²) < 4.78 is 0. The first-order valence-electron chi connectivity index (χ1n) is 4.69. The van der Waals surface area contributed by atoms with Crippen LogP contribution in [0.15, 0.2) is 11.0 Å². The van der Waals surface area contributed by atoms with Gasteiger partial charge < -0.3 is 15.5 Å². The molecule has 2 rings (SSSR count). The number of pyridine rings is 1.